The Balaban J connectivity index is 2.12. The first-order valence-electron chi connectivity index (χ1n) is 6.08. The topological polar surface area (TPSA) is 58.9 Å². The molecule has 98 valence electrons. The van der Waals surface area contributed by atoms with E-state index in [9.17, 15) is 4.55 Å². The first-order valence-corrected chi connectivity index (χ1v) is 8.11. The molecule has 2 atom stereocenters. The van der Waals surface area contributed by atoms with Gasteiger partial charge in [-0.3, -0.25) is 0 Å². The second-order valence-corrected chi connectivity index (χ2v) is 8.60. The summed E-state index contributed by atoms with van der Waals surface area (Å²) in [4.78, 5) is 1.13. The lowest BCUT2D eigenvalue weighted by molar-refractivity contribution is 0.507. The molecule has 1 aliphatic rings. The summed E-state index contributed by atoms with van der Waals surface area (Å²) >= 11 is 0.516. The fourth-order valence-corrected chi connectivity index (χ4v) is 3.64. The van der Waals surface area contributed by atoms with Crippen molar-refractivity contribution in [3.8, 4) is 6.07 Å². The normalized spacial score (nSPS) is 19.3. The first-order chi connectivity index (χ1) is 8.41. The molecule has 1 N–H and O–H groups in total. The SMILES string of the molecule is CC(C)(C)[S+]([O-])N[C@@H](c1cc(C#N)cs1)C1CC1. The molecule has 1 unspecified atom stereocenters. The Bertz CT molecular complexity index is 454. The number of rotatable bonds is 4. The summed E-state index contributed by atoms with van der Waals surface area (Å²) in [5, 5.41) is 10.7. The van der Waals surface area contributed by atoms with E-state index in [0.717, 1.165) is 4.88 Å². The van der Waals surface area contributed by atoms with Crippen molar-refractivity contribution in [1.82, 2.24) is 4.72 Å². The van der Waals surface area contributed by atoms with Crippen LogP contribution < -0.4 is 4.72 Å². The van der Waals surface area contributed by atoms with Crippen LogP contribution in [0.2, 0.25) is 0 Å². The maximum atomic E-state index is 12.2. The van der Waals surface area contributed by atoms with Gasteiger partial charge < -0.3 is 4.55 Å². The summed E-state index contributed by atoms with van der Waals surface area (Å²) in [6.45, 7) is 5.90. The van der Waals surface area contributed by atoms with Crippen molar-refractivity contribution >= 4 is 22.7 Å². The average Bonchev–Trinajstić information content (AvgIpc) is 3.02. The van der Waals surface area contributed by atoms with Gasteiger partial charge in [-0.05, 0) is 45.6 Å². The van der Waals surface area contributed by atoms with E-state index in [1.54, 1.807) is 11.3 Å². The monoisotopic (exact) mass is 282 g/mol. The van der Waals surface area contributed by atoms with Crippen molar-refractivity contribution in [3.63, 3.8) is 0 Å². The molecule has 1 aromatic heterocycles. The quantitative estimate of drug-likeness (QED) is 0.863. The number of hydrogen-bond donors (Lipinski definition) is 1. The number of nitrogens with one attached hydrogen (secondary N) is 1. The van der Waals surface area contributed by atoms with E-state index < -0.39 is 11.4 Å². The molecule has 0 radical (unpaired) electrons. The lowest BCUT2D eigenvalue weighted by Crippen LogP contribution is -2.41. The Morgan fingerprint density at radius 2 is 2.22 bits per heavy atom. The summed E-state index contributed by atoms with van der Waals surface area (Å²) < 4.78 is 15.2. The van der Waals surface area contributed by atoms with Crippen molar-refractivity contribution in [2.45, 2.75) is 44.4 Å². The molecular formula is C13H18N2OS2. The van der Waals surface area contributed by atoms with E-state index in [1.807, 2.05) is 32.2 Å². The number of nitriles is 1. The molecule has 0 saturated heterocycles. The molecule has 0 amide bonds. The Morgan fingerprint density at radius 3 is 2.67 bits per heavy atom. The maximum Gasteiger partial charge on any atom is 0.136 e. The van der Waals surface area contributed by atoms with Gasteiger partial charge in [-0.25, -0.2) is 0 Å². The predicted octanol–water partition coefficient (Wildman–Crippen LogP) is 3.12. The average molecular weight is 282 g/mol. The van der Waals surface area contributed by atoms with E-state index in [-0.39, 0.29) is 10.8 Å². The van der Waals surface area contributed by atoms with E-state index >= 15 is 0 Å². The third-order valence-corrected chi connectivity index (χ3v) is 5.54. The zero-order chi connectivity index (χ0) is 13.3. The van der Waals surface area contributed by atoms with Crippen molar-refractivity contribution in [2.24, 2.45) is 5.92 Å². The summed E-state index contributed by atoms with van der Waals surface area (Å²) in [5.74, 6) is 0.571. The van der Waals surface area contributed by atoms with Crippen molar-refractivity contribution in [2.75, 3.05) is 0 Å². The van der Waals surface area contributed by atoms with Gasteiger partial charge in [0.05, 0.1) is 11.6 Å². The second-order valence-electron chi connectivity index (χ2n) is 5.66. The van der Waals surface area contributed by atoms with Gasteiger partial charge in [-0.1, -0.05) is 0 Å². The van der Waals surface area contributed by atoms with E-state index in [0.29, 0.717) is 11.5 Å². The molecule has 0 bridgehead atoms. The molecular weight excluding hydrogens is 264 g/mol. The summed E-state index contributed by atoms with van der Waals surface area (Å²) in [5.41, 5.74) is 0.698. The molecule has 0 spiro atoms. The smallest absolute Gasteiger partial charge is 0.136 e. The van der Waals surface area contributed by atoms with Crippen LogP contribution in [0.4, 0.5) is 0 Å². The second kappa shape index (κ2) is 5.22. The maximum absolute atomic E-state index is 12.2. The van der Waals surface area contributed by atoms with Crippen LogP contribution in [-0.4, -0.2) is 9.30 Å². The Labute approximate surface area is 116 Å². The van der Waals surface area contributed by atoms with Gasteiger partial charge >= 0.3 is 0 Å². The highest BCUT2D eigenvalue weighted by Crippen LogP contribution is 2.43. The lowest BCUT2D eigenvalue weighted by atomic mass is 10.1. The number of nitrogens with zero attached hydrogens (tertiary/aromatic N) is 1. The van der Waals surface area contributed by atoms with Crippen LogP contribution >= 0.6 is 11.3 Å². The van der Waals surface area contributed by atoms with E-state index in [2.05, 4.69) is 10.8 Å². The van der Waals surface area contributed by atoms with Gasteiger partial charge in [0.25, 0.3) is 0 Å². The third kappa shape index (κ3) is 3.27. The molecule has 1 aliphatic carbocycles. The van der Waals surface area contributed by atoms with Crippen molar-refractivity contribution < 1.29 is 4.55 Å². The van der Waals surface area contributed by atoms with Crippen LogP contribution in [0.5, 0.6) is 0 Å². The predicted molar refractivity (Wildman–Crippen MR) is 75.5 cm³/mol. The van der Waals surface area contributed by atoms with Gasteiger partial charge in [0.15, 0.2) is 0 Å². The molecule has 18 heavy (non-hydrogen) atoms. The van der Waals surface area contributed by atoms with Crippen LogP contribution in [0, 0.1) is 17.2 Å². The standard InChI is InChI=1S/C13H18N2OS2/c1-13(2,3)18(16)15-12(10-4-5-10)11-6-9(7-14)8-17-11/h6,8,10,12,15H,4-5H2,1-3H3/t12-,18?/m1/s1. The minimum absolute atomic E-state index is 0.136. The highest BCUT2D eigenvalue weighted by Gasteiger charge is 2.39. The van der Waals surface area contributed by atoms with Gasteiger partial charge in [0.1, 0.15) is 10.8 Å². The van der Waals surface area contributed by atoms with Crippen LogP contribution in [0.15, 0.2) is 11.4 Å². The minimum Gasteiger partial charge on any atom is -0.598 e. The number of thiophene rings is 1. The summed E-state index contributed by atoms with van der Waals surface area (Å²) in [7, 11) is 0. The highest BCUT2D eigenvalue weighted by molar-refractivity contribution is 7.90. The molecule has 1 heterocycles. The zero-order valence-electron chi connectivity index (χ0n) is 10.9. The van der Waals surface area contributed by atoms with Crippen LogP contribution in [0.3, 0.4) is 0 Å². The van der Waals surface area contributed by atoms with Gasteiger partial charge in [-0.2, -0.15) is 5.26 Å². The molecule has 3 nitrogen and oxygen atoms in total. The molecule has 2 rings (SSSR count). The highest BCUT2D eigenvalue weighted by atomic mass is 32.2. The van der Waals surface area contributed by atoms with Crippen molar-refractivity contribution in [3.05, 3.63) is 21.9 Å². The van der Waals surface area contributed by atoms with Gasteiger partial charge in [0, 0.05) is 21.6 Å². The molecule has 0 aromatic carbocycles. The zero-order valence-corrected chi connectivity index (χ0v) is 12.5. The fraction of sp³-hybridized carbons (Fsp3) is 0.615. The summed E-state index contributed by atoms with van der Waals surface area (Å²) in [6, 6.07) is 4.21. The largest absolute Gasteiger partial charge is 0.598 e. The van der Waals surface area contributed by atoms with Crippen LogP contribution in [-0.2, 0) is 11.4 Å². The molecule has 0 aliphatic heterocycles. The fourth-order valence-electron chi connectivity index (χ4n) is 1.68. The molecule has 1 aromatic rings. The van der Waals surface area contributed by atoms with Crippen LogP contribution in [0.1, 0.15) is 50.1 Å². The Kier molecular flexibility index (Phi) is 4.02. The molecule has 1 fully saturated rings. The van der Waals surface area contributed by atoms with Crippen LogP contribution in [0.25, 0.3) is 0 Å². The summed E-state index contributed by atoms with van der Waals surface area (Å²) in [6.07, 6.45) is 2.36. The van der Waals surface area contributed by atoms with Crippen molar-refractivity contribution in [1.29, 1.82) is 5.26 Å². The van der Waals surface area contributed by atoms with E-state index in [1.165, 1.54) is 12.8 Å². The third-order valence-electron chi connectivity index (χ3n) is 2.94. The molecule has 5 heteroatoms. The number of hydrogen-bond acceptors (Lipinski definition) is 4. The van der Waals surface area contributed by atoms with E-state index in [4.69, 9.17) is 5.26 Å². The minimum atomic E-state index is -1.07. The van der Waals surface area contributed by atoms with Gasteiger partial charge in [-0.15, -0.1) is 16.1 Å². The molecule has 1 saturated carbocycles. The Morgan fingerprint density at radius 1 is 1.56 bits per heavy atom. The lowest BCUT2D eigenvalue weighted by Gasteiger charge is -2.27. The Hall–Kier alpha value is -0.540. The van der Waals surface area contributed by atoms with Gasteiger partial charge in [0.2, 0.25) is 0 Å². The first kappa shape index (κ1) is 13.9.